The fraction of sp³-hybridized carbons (Fsp3) is 0.259. The lowest BCUT2D eigenvalue weighted by Gasteiger charge is -2.28. The lowest BCUT2D eigenvalue weighted by molar-refractivity contribution is -0.00732. The molecule has 0 saturated carbocycles. The summed E-state index contributed by atoms with van der Waals surface area (Å²) in [6.07, 6.45) is 2.47. The molecule has 1 aliphatic heterocycles. The van der Waals surface area contributed by atoms with Crippen molar-refractivity contribution in [3.05, 3.63) is 90.0 Å². The van der Waals surface area contributed by atoms with Crippen LogP contribution in [0.25, 0.3) is 22.3 Å². The van der Waals surface area contributed by atoms with E-state index in [9.17, 15) is 17.6 Å². The van der Waals surface area contributed by atoms with Crippen LogP contribution in [0.4, 0.5) is 17.6 Å². The fourth-order valence-corrected chi connectivity index (χ4v) is 4.10. The highest BCUT2D eigenvalue weighted by molar-refractivity contribution is 5.72. The molecule has 1 fully saturated rings. The lowest BCUT2D eigenvalue weighted by Crippen LogP contribution is -2.20. The molecule has 4 rings (SSSR count). The molecule has 0 amide bonds. The number of rotatable bonds is 6. The third-order valence-electron chi connectivity index (χ3n) is 5.95. The van der Waals surface area contributed by atoms with E-state index in [-0.39, 0.29) is 28.2 Å². The van der Waals surface area contributed by atoms with Gasteiger partial charge >= 0.3 is 0 Å². The molecule has 0 spiro atoms. The Kier molecular flexibility index (Phi) is 6.84. The van der Waals surface area contributed by atoms with Gasteiger partial charge in [-0.15, -0.1) is 6.58 Å². The van der Waals surface area contributed by atoms with Gasteiger partial charge in [0.1, 0.15) is 5.75 Å². The van der Waals surface area contributed by atoms with Crippen molar-refractivity contribution < 1.29 is 27.0 Å². The van der Waals surface area contributed by atoms with Gasteiger partial charge in [0.25, 0.3) is 0 Å². The third kappa shape index (κ3) is 4.53. The second kappa shape index (κ2) is 9.79. The Hall–Kier alpha value is -3.12. The molecule has 3 aromatic rings. The van der Waals surface area contributed by atoms with Crippen LogP contribution >= 0.6 is 0 Å². The predicted molar refractivity (Wildman–Crippen MR) is 120 cm³/mol. The van der Waals surface area contributed by atoms with Crippen LogP contribution in [-0.4, -0.2) is 13.2 Å². The zero-order valence-corrected chi connectivity index (χ0v) is 18.2. The second-order valence-electron chi connectivity index (χ2n) is 7.97. The largest absolute Gasteiger partial charge is 0.494 e. The molecule has 0 aromatic heterocycles. The van der Waals surface area contributed by atoms with E-state index in [1.165, 1.54) is 24.3 Å². The molecular formula is C27H24F4O2. The van der Waals surface area contributed by atoms with E-state index >= 15 is 0 Å². The molecule has 1 heterocycles. The number of halogens is 4. The van der Waals surface area contributed by atoms with Gasteiger partial charge in [0.15, 0.2) is 23.3 Å². The van der Waals surface area contributed by atoms with Crippen molar-refractivity contribution in [1.29, 1.82) is 0 Å². The van der Waals surface area contributed by atoms with Crippen LogP contribution in [0, 0.1) is 29.2 Å². The highest BCUT2D eigenvalue weighted by atomic mass is 19.2. The average molecular weight is 456 g/mol. The molecule has 33 heavy (non-hydrogen) atoms. The first-order valence-electron chi connectivity index (χ1n) is 10.9. The van der Waals surface area contributed by atoms with Gasteiger partial charge < -0.3 is 9.47 Å². The van der Waals surface area contributed by atoms with E-state index in [0.29, 0.717) is 30.9 Å². The standard InChI is InChI=1S/C27H24F4O2/c1-3-16-5-14-23(33-15-16)22-13-12-21(26(30)27(22)31)20-11-10-19(24(28)25(20)29)17-6-8-18(9-7-17)32-4-2/h3,6-13,16,23H,1,4-5,14-15H2,2H3. The van der Waals surface area contributed by atoms with E-state index in [2.05, 4.69) is 6.58 Å². The van der Waals surface area contributed by atoms with Crippen molar-refractivity contribution in [2.24, 2.45) is 5.92 Å². The minimum atomic E-state index is -1.24. The van der Waals surface area contributed by atoms with Gasteiger partial charge in [0.2, 0.25) is 0 Å². The van der Waals surface area contributed by atoms with Gasteiger partial charge in [0, 0.05) is 28.2 Å². The normalized spacial score (nSPS) is 18.2. The molecule has 0 aliphatic carbocycles. The minimum absolute atomic E-state index is 0.0178. The number of benzene rings is 3. The molecule has 172 valence electrons. The van der Waals surface area contributed by atoms with Gasteiger partial charge in [-0.25, -0.2) is 17.6 Å². The van der Waals surface area contributed by atoms with Crippen molar-refractivity contribution in [3.8, 4) is 28.0 Å². The van der Waals surface area contributed by atoms with Crippen molar-refractivity contribution in [3.63, 3.8) is 0 Å². The molecule has 2 atom stereocenters. The smallest absolute Gasteiger partial charge is 0.167 e. The van der Waals surface area contributed by atoms with Gasteiger partial charge in [-0.3, -0.25) is 0 Å². The van der Waals surface area contributed by atoms with Crippen LogP contribution in [0.15, 0.2) is 61.2 Å². The maximum absolute atomic E-state index is 15.0. The Morgan fingerprint density at radius 2 is 1.45 bits per heavy atom. The minimum Gasteiger partial charge on any atom is -0.494 e. The molecule has 0 bridgehead atoms. The molecule has 0 radical (unpaired) electrons. The Morgan fingerprint density at radius 3 is 2.06 bits per heavy atom. The monoisotopic (exact) mass is 456 g/mol. The quantitative estimate of drug-likeness (QED) is 0.280. The van der Waals surface area contributed by atoms with Gasteiger partial charge in [0.05, 0.1) is 19.3 Å². The number of hydrogen-bond donors (Lipinski definition) is 0. The Balaban J connectivity index is 1.64. The zero-order valence-electron chi connectivity index (χ0n) is 18.2. The second-order valence-corrected chi connectivity index (χ2v) is 7.97. The fourth-order valence-electron chi connectivity index (χ4n) is 4.10. The highest BCUT2D eigenvalue weighted by Crippen LogP contribution is 2.38. The van der Waals surface area contributed by atoms with Crippen molar-refractivity contribution in [2.75, 3.05) is 13.2 Å². The maximum Gasteiger partial charge on any atom is 0.167 e. The molecular weight excluding hydrogens is 432 g/mol. The summed E-state index contributed by atoms with van der Waals surface area (Å²) in [5.74, 6) is -3.92. The summed E-state index contributed by atoms with van der Waals surface area (Å²) in [5, 5.41) is 0. The van der Waals surface area contributed by atoms with E-state index in [4.69, 9.17) is 9.47 Å². The number of ether oxygens (including phenoxy) is 2. The SMILES string of the molecule is C=CC1CCC(c2ccc(-c3ccc(-c4ccc(OCC)cc4)c(F)c3F)c(F)c2F)OC1. The van der Waals surface area contributed by atoms with Gasteiger partial charge in [-0.05, 0) is 37.5 Å². The van der Waals surface area contributed by atoms with Crippen LogP contribution in [0.2, 0.25) is 0 Å². The average Bonchev–Trinajstić information content (AvgIpc) is 2.84. The van der Waals surface area contributed by atoms with Gasteiger partial charge in [-0.1, -0.05) is 42.5 Å². The summed E-state index contributed by atoms with van der Waals surface area (Å²) in [7, 11) is 0. The lowest BCUT2D eigenvalue weighted by atomic mass is 9.92. The van der Waals surface area contributed by atoms with E-state index in [1.54, 1.807) is 30.3 Å². The molecule has 2 unspecified atom stereocenters. The van der Waals surface area contributed by atoms with Crippen LogP contribution < -0.4 is 4.74 Å². The summed E-state index contributed by atoms with van der Waals surface area (Å²) < 4.78 is 70.7. The molecule has 1 saturated heterocycles. The molecule has 1 aliphatic rings. The summed E-state index contributed by atoms with van der Waals surface area (Å²) in [4.78, 5) is 0. The first kappa shape index (κ1) is 23.1. The summed E-state index contributed by atoms with van der Waals surface area (Å²) in [6.45, 7) is 6.43. The van der Waals surface area contributed by atoms with E-state index in [0.717, 1.165) is 6.42 Å². The summed E-state index contributed by atoms with van der Waals surface area (Å²) >= 11 is 0. The predicted octanol–water partition coefficient (Wildman–Crippen LogP) is 7.63. The summed E-state index contributed by atoms with van der Waals surface area (Å²) in [6, 6.07) is 11.8. The molecule has 0 N–H and O–H groups in total. The topological polar surface area (TPSA) is 18.5 Å². The van der Waals surface area contributed by atoms with Crippen molar-refractivity contribution in [2.45, 2.75) is 25.9 Å². The molecule has 6 heteroatoms. The first-order valence-corrected chi connectivity index (χ1v) is 10.9. The van der Waals surface area contributed by atoms with Crippen LogP contribution in [0.1, 0.15) is 31.4 Å². The van der Waals surface area contributed by atoms with E-state index in [1.807, 2.05) is 6.92 Å². The summed E-state index contributed by atoms with van der Waals surface area (Å²) in [5.41, 5.74) is -0.155. The Bertz CT molecular complexity index is 1150. The van der Waals surface area contributed by atoms with Crippen LogP contribution in [0.3, 0.4) is 0 Å². The first-order chi connectivity index (χ1) is 15.9. The number of hydrogen-bond acceptors (Lipinski definition) is 2. The van der Waals surface area contributed by atoms with Crippen molar-refractivity contribution in [1.82, 2.24) is 0 Å². The molecule has 2 nitrogen and oxygen atoms in total. The van der Waals surface area contributed by atoms with Crippen molar-refractivity contribution >= 4 is 0 Å². The van der Waals surface area contributed by atoms with Crippen LogP contribution in [-0.2, 0) is 4.74 Å². The maximum atomic E-state index is 15.0. The Labute approximate surface area is 190 Å². The zero-order chi connectivity index (χ0) is 23.5. The third-order valence-corrected chi connectivity index (χ3v) is 5.95. The van der Waals surface area contributed by atoms with E-state index < -0.39 is 29.4 Å². The molecule has 3 aromatic carbocycles. The highest BCUT2D eigenvalue weighted by Gasteiger charge is 2.27. The Morgan fingerprint density at radius 1 is 0.848 bits per heavy atom. The van der Waals surface area contributed by atoms with Crippen LogP contribution in [0.5, 0.6) is 5.75 Å². The van der Waals surface area contributed by atoms with Gasteiger partial charge in [-0.2, -0.15) is 0 Å².